The van der Waals surface area contributed by atoms with E-state index in [2.05, 4.69) is 10.3 Å². The number of nitrogens with one attached hydrogen (secondary N) is 1. The highest BCUT2D eigenvalue weighted by molar-refractivity contribution is 5.85. The third-order valence-corrected chi connectivity index (χ3v) is 4.60. The predicted octanol–water partition coefficient (Wildman–Crippen LogP) is 0.489. The molecule has 3 N–H and O–H groups in total. The van der Waals surface area contributed by atoms with Gasteiger partial charge in [0.15, 0.2) is 22.7 Å². The monoisotopic (exact) mass is 409 g/mol. The summed E-state index contributed by atoms with van der Waals surface area (Å²) >= 11 is 0. The second kappa shape index (κ2) is 8.94. The largest absolute Gasteiger partial charge is 0.504 e. The molecule has 0 radical (unpaired) electrons. The van der Waals surface area contributed by atoms with Crippen molar-refractivity contribution < 1.29 is 10.2 Å². The molecule has 152 valence electrons. The van der Waals surface area contributed by atoms with Crippen molar-refractivity contribution in [2.75, 3.05) is 13.1 Å². The van der Waals surface area contributed by atoms with E-state index in [0.717, 1.165) is 36.1 Å². The van der Waals surface area contributed by atoms with Crippen molar-refractivity contribution in [3.63, 3.8) is 0 Å². The lowest BCUT2D eigenvalue weighted by atomic mass is 10.1. The molecule has 0 spiro atoms. The Balaban J connectivity index is 0.00000280. The van der Waals surface area contributed by atoms with Crippen molar-refractivity contribution in [2.24, 2.45) is 14.1 Å². The number of phenols is 2. The zero-order valence-corrected chi connectivity index (χ0v) is 16.6. The standard InChI is InChI=1S/C18H23N5O4.ClH/c1-21-16-15(17(26)22(2)18(21)27)23(11-20-16)9-3-7-19-8-6-12-4-5-13(24)14(25)10-12;/h4-5,10-11,19,24-25H,3,6-9H2,1-2H3;1H. The maximum absolute atomic E-state index is 12.4. The number of imidazole rings is 1. The van der Waals surface area contributed by atoms with Gasteiger partial charge in [0.05, 0.1) is 6.33 Å². The fourth-order valence-electron chi connectivity index (χ4n) is 3.02. The minimum absolute atomic E-state index is 0. The molecule has 0 atom stereocenters. The highest BCUT2D eigenvalue weighted by Crippen LogP contribution is 2.24. The molecule has 0 unspecified atom stereocenters. The first-order valence-electron chi connectivity index (χ1n) is 8.72. The van der Waals surface area contributed by atoms with Gasteiger partial charge in [0.1, 0.15) is 0 Å². The molecule has 2 heterocycles. The van der Waals surface area contributed by atoms with E-state index in [0.29, 0.717) is 17.7 Å². The van der Waals surface area contributed by atoms with Gasteiger partial charge in [0, 0.05) is 20.6 Å². The summed E-state index contributed by atoms with van der Waals surface area (Å²) in [5.74, 6) is -0.238. The van der Waals surface area contributed by atoms with Gasteiger partial charge in [-0.05, 0) is 43.6 Å². The van der Waals surface area contributed by atoms with E-state index in [9.17, 15) is 19.8 Å². The Morgan fingerprint density at radius 1 is 1.07 bits per heavy atom. The predicted molar refractivity (Wildman–Crippen MR) is 108 cm³/mol. The van der Waals surface area contributed by atoms with Crippen LogP contribution in [0.25, 0.3) is 11.2 Å². The Morgan fingerprint density at radius 3 is 2.54 bits per heavy atom. The molecule has 0 saturated heterocycles. The normalized spacial score (nSPS) is 10.9. The van der Waals surface area contributed by atoms with Crippen LogP contribution in [0, 0.1) is 0 Å². The molecular weight excluding hydrogens is 386 g/mol. The average molecular weight is 410 g/mol. The van der Waals surface area contributed by atoms with E-state index in [1.807, 2.05) is 0 Å². The molecule has 28 heavy (non-hydrogen) atoms. The quantitative estimate of drug-likeness (QED) is 0.386. The molecule has 2 aromatic heterocycles. The number of fused-ring (bicyclic) bond motifs is 1. The fourth-order valence-corrected chi connectivity index (χ4v) is 3.02. The van der Waals surface area contributed by atoms with Crippen LogP contribution in [0.15, 0.2) is 34.1 Å². The molecule has 1 aromatic carbocycles. The molecule has 0 aliphatic carbocycles. The summed E-state index contributed by atoms with van der Waals surface area (Å²) in [6.45, 7) is 2.08. The second-order valence-electron chi connectivity index (χ2n) is 6.49. The van der Waals surface area contributed by atoms with Crippen molar-refractivity contribution in [3.8, 4) is 11.5 Å². The second-order valence-corrected chi connectivity index (χ2v) is 6.49. The van der Waals surface area contributed by atoms with Gasteiger partial charge in [-0.25, -0.2) is 9.78 Å². The number of aromatic hydroxyl groups is 2. The first kappa shape index (κ1) is 21.5. The molecule has 0 aliphatic heterocycles. The van der Waals surface area contributed by atoms with Crippen molar-refractivity contribution in [2.45, 2.75) is 19.4 Å². The summed E-state index contributed by atoms with van der Waals surface area (Å²) in [5, 5.41) is 22.1. The van der Waals surface area contributed by atoms with Crippen LogP contribution in [-0.2, 0) is 27.1 Å². The highest BCUT2D eigenvalue weighted by Gasteiger charge is 2.13. The van der Waals surface area contributed by atoms with Gasteiger partial charge in [-0.2, -0.15) is 0 Å². The minimum Gasteiger partial charge on any atom is -0.504 e. The summed E-state index contributed by atoms with van der Waals surface area (Å²) < 4.78 is 4.24. The van der Waals surface area contributed by atoms with Gasteiger partial charge in [-0.15, -0.1) is 12.4 Å². The number of phenolic OH excluding ortho intramolecular Hbond substituents is 2. The van der Waals surface area contributed by atoms with E-state index in [1.54, 1.807) is 30.1 Å². The lowest BCUT2D eigenvalue weighted by Gasteiger charge is -2.08. The van der Waals surface area contributed by atoms with Crippen LogP contribution in [0.1, 0.15) is 12.0 Å². The summed E-state index contributed by atoms with van der Waals surface area (Å²) in [5.41, 5.74) is 1.02. The van der Waals surface area contributed by atoms with Crippen molar-refractivity contribution >= 4 is 23.6 Å². The van der Waals surface area contributed by atoms with E-state index in [-0.39, 0.29) is 35.2 Å². The van der Waals surface area contributed by atoms with Crippen LogP contribution in [0.5, 0.6) is 11.5 Å². The molecule has 9 nitrogen and oxygen atoms in total. The van der Waals surface area contributed by atoms with Crippen LogP contribution in [0.4, 0.5) is 0 Å². The number of aromatic nitrogens is 4. The zero-order chi connectivity index (χ0) is 19.6. The van der Waals surface area contributed by atoms with E-state index in [4.69, 9.17) is 0 Å². The van der Waals surface area contributed by atoms with Crippen LogP contribution in [0.3, 0.4) is 0 Å². The third-order valence-electron chi connectivity index (χ3n) is 4.60. The molecular formula is C18H24ClN5O4. The van der Waals surface area contributed by atoms with E-state index < -0.39 is 0 Å². The molecule has 3 rings (SSSR count). The smallest absolute Gasteiger partial charge is 0.332 e. The van der Waals surface area contributed by atoms with E-state index >= 15 is 0 Å². The lowest BCUT2D eigenvalue weighted by Crippen LogP contribution is -2.37. The Labute approximate surface area is 167 Å². The van der Waals surface area contributed by atoms with Gasteiger partial charge < -0.3 is 20.1 Å². The first-order valence-corrected chi connectivity index (χ1v) is 8.72. The number of halogens is 1. The Morgan fingerprint density at radius 2 is 1.82 bits per heavy atom. The number of hydrogen-bond acceptors (Lipinski definition) is 6. The summed E-state index contributed by atoms with van der Waals surface area (Å²) in [6.07, 6.45) is 3.10. The lowest BCUT2D eigenvalue weighted by molar-refractivity contribution is 0.403. The Kier molecular flexibility index (Phi) is 6.87. The molecule has 0 amide bonds. The number of rotatable bonds is 7. The molecule has 10 heteroatoms. The van der Waals surface area contributed by atoms with Gasteiger partial charge in [-0.1, -0.05) is 6.07 Å². The van der Waals surface area contributed by atoms with Gasteiger partial charge in [0.2, 0.25) is 0 Å². The average Bonchev–Trinajstić information content (AvgIpc) is 3.08. The third kappa shape index (κ3) is 4.20. The molecule has 3 aromatic rings. The Bertz CT molecular complexity index is 1090. The minimum atomic E-state index is -0.389. The van der Waals surface area contributed by atoms with E-state index in [1.165, 1.54) is 17.7 Å². The van der Waals surface area contributed by atoms with Gasteiger partial charge in [0.25, 0.3) is 5.56 Å². The Hall–Kier alpha value is -2.78. The SMILES string of the molecule is Cl.Cn1c(=O)c2c(ncn2CCCNCCc2ccc(O)c(O)c2)n(C)c1=O. The van der Waals surface area contributed by atoms with Crippen molar-refractivity contribution in [1.29, 1.82) is 0 Å². The molecule has 0 saturated carbocycles. The van der Waals surface area contributed by atoms with Crippen LogP contribution >= 0.6 is 12.4 Å². The zero-order valence-electron chi connectivity index (χ0n) is 15.8. The summed E-state index contributed by atoms with van der Waals surface area (Å²) in [6, 6.07) is 4.80. The first-order chi connectivity index (χ1) is 12.9. The fraction of sp³-hybridized carbons (Fsp3) is 0.389. The van der Waals surface area contributed by atoms with Crippen LogP contribution in [0.2, 0.25) is 0 Å². The number of aryl methyl sites for hydroxylation is 2. The number of hydrogen-bond donors (Lipinski definition) is 3. The summed E-state index contributed by atoms with van der Waals surface area (Å²) in [7, 11) is 3.06. The topological polar surface area (TPSA) is 114 Å². The van der Waals surface area contributed by atoms with Crippen LogP contribution < -0.4 is 16.6 Å². The van der Waals surface area contributed by atoms with Crippen molar-refractivity contribution in [1.82, 2.24) is 24.0 Å². The molecule has 0 bridgehead atoms. The van der Waals surface area contributed by atoms with Gasteiger partial charge >= 0.3 is 5.69 Å². The number of benzene rings is 1. The maximum Gasteiger partial charge on any atom is 0.332 e. The molecule has 0 fully saturated rings. The van der Waals surface area contributed by atoms with Crippen molar-refractivity contribution in [3.05, 3.63) is 50.9 Å². The van der Waals surface area contributed by atoms with Gasteiger partial charge in [-0.3, -0.25) is 13.9 Å². The highest BCUT2D eigenvalue weighted by atomic mass is 35.5. The maximum atomic E-state index is 12.4. The number of nitrogens with zero attached hydrogens (tertiary/aromatic N) is 4. The molecule has 0 aliphatic rings. The van der Waals surface area contributed by atoms with Crippen LogP contribution in [-0.4, -0.2) is 42.0 Å². The summed E-state index contributed by atoms with van der Waals surface area (Å²) in [4.78, 5) is 28.5.